The topological polar surface area (TPSA) is 51.8 Å². The normalized spacial score (nSPS) is 11.8. The van der Waals surface area contributed by atoms with Crippen molar-refractivity contribution in [2.24, 2.45) is 5.41 Å². The van der Waals surface area contributed by atoms with E-state index in [2.05, 4.69) is 101 Å². The van der Waals surface area contributed by atoms with Gasteiger partial charge in [-0.1, -0.05) is 101 Å². The Hall–Kier alpha value is -3.44. The van der Waals surface area contributed by atoms with Gasteiger partial charge in [-0.3, -0.25) is 0 Å². The molecule has 6 heteroatoms. The molecule has 0 bridgehead atoms. The molecule has 0 atom stereocenters. The van der Waals surface area contributed by atoms with E-state index >= 15 is 0 Å². The molecule has 0 spiro atoms. The van der Waals surface area contributed by atoms with Crippen LogP contribution in [0.15, 0.2) is 89.7 Å². The molecule has 44 heavy (non-hydrogen) atoms. The van der Waals surface area contributed by atoms with E-state index in [1.807, 2.05) is 54.7 Å². The molecule has 4 nitrogen and oxygen atoms in total. The second kappa shape index (κ2) is 13.7. The van der Waals surface area contributed by atoms with E-state index in [0.717, 1.165) is 50.9 Å². The quantitative estimate of drug-likeness (QED) is 0.129. The Bertz CT molecular complexity index is 1850. The number of aromatic nitrogens is 3. The van der Waals surface area contributed by atoms with Crippen molar-refractivity contribution in [2.45, 2.75) is 66.6 Å². The first kappa shape index (κ1) is 33.4. The molecule has 2 aromatic carbocycles. The maximum Gasteiger partial charge on any atom is 0.121 e. The van der Waals surface area contributed by atoms with Gasteiger partial charge in [-0.15, -0.1) is 35.9 Å². The zero-order chi connectivity index (χ0) is 30.8. The largest absolute Gasteiger partial charge is 0.500 e. The number of rotatable bonds is 5. The maximum absolute atomic E-state index is 6.03. The monoisotopic (exact) mass is 776 g/mol. The van der Waals surface area contributed by atoms with Crippen molar-refractivity contribution < 1.29 is 24.5 Å². The molecule has 0 amide bonds. The second-order valence-corrected chi connectivity index (χ2v) is 18.7. The summed E-state index contributed by atoms with van der Waals surface area (Å²) in [6.45, 7) is 18.4. The van der Waals surface area contributed by atoms with Crippen LogP contribution in [0.25, 0.3) is 44.5 Å². The number of hydrogen-bond acceptors (Lipinski definition) is 4. The van der Waals surface area contributed by atoms with Gasteiger partial charge in [-0.25, -0.2) is 0 Å². The van der Waals surface area contributed by atoms with Crippen LogP contribution in [-0.2, 0) is 26.5 Å². The first-order chi connectivity index (χ1) is 20.4. The number of nitrogens with zero attached hydrogens (tertiary/aromatic N) is 3. The Morgan fingerprint density at radius 3 is 2.30 bits per heavy atom. The summed E-state index contributed by atoms with van der Waals surface area (Å²) in [5.74, 6) is 0.449. The molecule has 0 saturated heterocycles. The number of fused-ring (bicyclic) bond motifs is 3. The van der Waals surface area contributed by atoms with Gasteiger partial charge in [0.05, 0.1) is 13.7 Å². The minimum Gasteiger partial charge on any atom is -0.500 e. The van der Waals surface area contributed by atoms with E-state index in [1.54, 1.807) is 6.20 Å². The number of hydrogen-bond donors (Lipinski definition) is 0. The predicted molar refractivity (Wildman–Crippen MR) is 182 cm³/mol. The Labute approximate surface area is 276 Å². The van der Waals surface area contributed by atoms with E-state index in [1.165, 1.54) is 16.3 Å². The van der Waals surface area contributed by atoms with Gasteiger partial charge in [0.1, 0.15) is 5.58 Å². The van der Waals surface area contributed by atoms with Crippen molar-refractivity contribution in [1.29, 1.82) is 0 Å². The standard InChI is InChI=1S/C19H15N2O.C19H26NSi.Ir/c1-12(2)13-7-8-21-17(9-13)16-11-20-10-15-14-5-3-4-6-18(14)22-19(15)16;1-19(2,3)13-16-12-17(15-10-8-7-9-11-15)20-14-18(16)21(4,5)6;/h3-10,12H,1-2H3;7-10,12,14H,13H2,1-6H3;/q2*-1;. The third kappa shape index (κ3) is 7.79. The maximum atomic E-state index is 6.03. The molecule has 0 fully saturated rings. The third-order valence-corrected chi connectivity index (χ3v) is 9.51. The van der Waals surface area contributed by atoms with Crippen LogP contribution in [0.1, 0.15) is 51.7 Å². The molecule has 229 valence electrons. The molecule has 0 unspecified atom stereocenters. The van der Waals surface area contributed by atoms with Crippen LogP contribution < -0.4 is 5.19 Å². The number of furan rings is 1. The van der Waals surface area contributed by atoms with Crippen molar-refractivity contribution in [3.8, 4) is 22.5 Å². The van der Waals surface area contributed by atoms with Gasteiger partial charge in [-0.05, 0) is 64.2 Å². The zero-order valence-corrected chi connectivity index (χ0v) is 30.3. The zero-order valence-electron chi connectivity index (χ0n) is 27.0. The molecule has 6 aromatic rings. The predicted octanol–water partition coefficient (Wildman–Crippen LogP) is 9.65. The fraction of sp³-hybridized carbons (Fsp3) is 0.289. The van der Waals surface area contributed by atoms with Gasteiger partial charge in [0.15, 0.2) is 0 Å². The summed E-state index contributed by atoms with van der Waals surface area (Å²) < 4.78 is 6.03. The first-order valence-corrected chi connectivity index (χ1v) is 18.5. The SMILES string of the molecule is CC(C)(C)Cc1cc(-c2[c-]cccc2)ncc1[Si](C)(C)C.CC(C)c1ccnc(-c2[c-]ncc3c2oc2ccccc23)c1.[Ir]. The van der Waals surface area contributed by atoms with Crippen LogP contribution in [0.3, 0.4) is 0 Å². The summed E-state index contributed by atoms with van der Waals surface area (Å²) in [7, 11) is -1.37. The van der Waals surface area contributed by atoms with Gasteiger partial charge in [0, 0.05) is 37.9 Å². The Morgan fingerprint density at radius 2 is 1.61 bits per heavy atom. The van der Waals surface area contributed by atoms with Crippen LogP contribution in [0.4, 0.5) is 0 Å². The number of pyridine rings is 3. The molecule has 4 aromatic heterocycles. The van der Waals surface area contributed by atoms with E-state index in [0.29, 0.717) is 5.92 Å². The average molecular weight is 776 g/mol. The van der Waals surface area contributed by atoms with Gasteiger partial charge in [0.25, 0.3) is 0 Å². The molecule has 0 aliphatic carbocycles. The van der Waals surface area contributed by atoms with Crippen LogP contribution >= 0.6 is 0 Å². The van der Waals surface area contributed by atoms with E-state index < -0.39 is 8.07 Å². The summed E-state index contributed by atoms with van der Waals surface area (Å²) in [6, 6.07) is 25.8. The van der Waals surface area contributed by atoms with Gasteiger partial charge in [0.2, 0.25) is 0 Å². The summed E-state index contributed by atoms with van der Waals surface area (Å²) in [5, 5.41) is 3.55. The fourth-order valence-electron chi connectivity index (χ4n) is 5.30. The van der Waals surface area contributed by atoms with E-state index in [-0.39, 0.29) is 25.5 Å². The molecule has 0 aliphatic rings. The minimum atomic E-state index is -1.37. The van der Waals surface area contributed by atoms with Crippen molar-refractivity contribution in [3.63, 3.8) is 0 Å². The molecule has 0 aliphatic heterocycles. The van der Waals surface area contributed by atoms with Gasteiger partial charge >= 0.3 is 0 Å². The summed E-state index contributed by atoms with van der Waals surface area (Å²) >= 11 is 0. The van der Waals surface area contributed by atoms with Crippen LogP contribution in [-0.4, -0.2) is 23.0 Å². The smallest absolute Gasteiger partial charge is 0.121 e. The summed E-state index contributed by atoms with van der Waals surface area (Å²) in [4.78, 5) is 13.5. The number of para-hydroxylation sites is 1. The molecule has 6 rings (SSSR count). The van der Waals surface area contributed by atoms with Gasteiger partial charge in [-0.2, -0.15) is 0 Å². The summed E-state index contributed by atoms with van der Waals surface area (Å²) in [5.41, 5.74) is 8.43. The van der Waals surface area contributed by atoms with E-state index in [9.17, 15) is 0 Å². The van der Waals surface area contributed by atoms with Crippen LogP contribution in [0.2, 0.25) is 19.6 Å². The molecule has 0 N–H and O–H groups in total. The van der Waals surface area contributed by atoms with Crippen molar-refractivity contribution >= 4 is 35.2 Å². The van der Waals surface area contributed by atoms with Crippen LogP contribution in [0.5, 0.6) is 0 Å². The van der Waals surface area contributed by atoms with Crippen LogP contribution in [0, 0.1) is 17.7 Å². The molecule has 0 saturated carbocycles. The molecular formula is C38H41IrN3OSi-2. The van der Waals surface area contributed by atoms with Crippen molar-refractivity contribution in [3.05, 3.63) is 109 Å². The Morgan fingerprint density at radius 1 is 0.864 bits per heavy atom. The Balaban J connectivity index is 0.000000197. The minimum absolute atomic E-state index is 0. The van der Waals surface area contributed by atoms with Crippen molar-refractivity contribution in [2.75, 3.05) is 0 Å². The third-order valence-electron chi connectivity index (χ3n) is 7.44. The Kier molecular flexibility index (Phi) is 10.4. The first-order valence-electron chi connectivity index (χ1n) is 15.0. The number of benzene rings is 2. The molecular weight excluding hydrogens is 735 g/mol. The van der Waals surface area contributed by atoms with E-state index in [4.69, 9.17) is 9.40 Å². The molecule has 4 heterocycles. The average Bonchev–Trinajstić information content (AvgIpc) is 3.35. The van der Waals surface area contributed by atoms with Crippen molar-refractivity contribution in [1.82, 2.24) is 15.0 Å². The summed E-state index contributed by atoms with van der Waals surface area (Å²) in [6.07, 6.45) is 9.89. The fourth-order valence-corrected chi connectivity index (χ4v) is 6.87. The second-order valence-electron chi connectivity index (χ2n) is 13.7. The van der Waals surface area contributed by atoms with Gasteiger partial charge < -0.3 is 19.4 Å². The molecule has 1 radical (unpaired) electrons.